The number of aryl methyl sites for hydroxylation is 1. The molecule has 7 nitrogen and oxygen atoms in total. The minimum Gasteiger partial charge on any atom is -0.306 e. The van der Waals surface area contributed by atoms with Crippen LogP contribution < -0.4 is 5.32 Å². The van der Waals surface area contributed by atoms with E-state index in [1.165, 1.54) is 0 Å². The minimum absolute atomic E-state index is 0.0278. The predicted octanol–water partition coefficient (Wildman–Crippen LogP) is 3.09. The summed E-state index contributed by atoms with van der Waals surface area (Å²) in [7, 11) is 6.11. The third-order valence-corrected chi connectivity index (χ3v) is 5.65. The lowest BCUT2D eigenvalue weighted by Crippen LogP contribution is -2.35. The molecule has 0 saturated heterocycles. The number of benzene rings is 1. The van der Waals surface area contributed by atoms with Crippen LogP contribution in [0.2, 0.25) is 0 Å². The molecule has 2 aromatic heterocycles. The lowest BCUT2D eigenvalue weighted by atomic mass is 9.85. The van der Waals surface area contributed by atoms with Crippen molar-refractivity contribution in [3.63, 3.8) is 0 Å². The van der Waals surface area contributed by atoms with Gasteiger partial charge in [-0.15, -0.1) is 0 Å². The van der Waals surface area contributed by atoms with Gasteiger partial charge in [0.15, 0.2) is 0 Å². The lowest BCUT2D eigenvalue weighted by molar-refractivity contribution is -0.121. The fourth-order valence-corrected chi connectivity index (χ4v) is 3.90. The molecule has 3 aromatic rings. The quantitative estimate of drug-likeness (QED) is 0.755. The van der Waals surface area contributed by atoms with Gasteiger partial charge in [-0.2, -0.15) is 5.10 Å². The van der Waals surface area contributed by atoms with E-state index >= 15 is 0 Å². The average molecular weight is 378 g/mol. The molecule has 1 aliphatic carbocycles. The summed E-state index contributed by atoms with van der Waals surface area (Å²) in [6, 6.07) is 6.61. The highest BCUT2D eigenvalue weighted by Crippen LogP contribution is 2.28. The van der Waals surface area contributed by atoms with Crippen LogP contribution >= 0.6 is 0 Å². The Morgan fingerprint density at radius 1 is 1.14 bits per heavy atom. The minimum atomic E-state index is 0.0278. The molecule has 146 valence electrons. The molecule has 1 saturated carbocycles. The van der Waals surface area contributed by atoms with Gasteiger partial charge in [0.2, 0.25) is 11.9 Å². The average Bonchev–Trinajstić information content (AvgIpc) is 3.14. The Kier molecular flexibility index (Phi) is 5.09. The van der Waals surface area contributed by atoms with Gasteiger partial charge < -0.3 is 4.90 Å². The normalized spacial score (nSPS) is 19.9. The topological polar surface area (TPSA) is 75.9 Å². The van der Waals surface area contributed by atoms with Crippen LogP contribution in [-0.4, -0.2) is 50.7 Å². The second-order valence-corrected chi connectivity index (χ2v) is 7.83. The van der Waals surface area contributed by atoms with Crippen molar-refractivity contribution in [2.75, 3.05) is 19.4 Å². The third kappa shape index (κ3) is 3.89. The first-order valence-corrected chi connectivity index (χ1v) is 9.73. The third-order valence-electron chi connectivity index (χ3n) is 5.65. The molecule has 1 N–H and O–H groups in total. The van der Waals surface area contributed by atoms with Crippen LogP contribution in [0.4, 0.5) is 5.95 Å². The van der Waals surface area contributed by atoms with Crippen molar-refractivity contribution in [3.05, 3.63) is 36.8 Å². The second-order valence-electron chi connectivity index (χ2n) is 7.83. The molecule has 0 atom stereocenters. The summed E-state index contributed by atoms with van der Waals surface area (Å²) in [6.45, 7) is 0. The summed E-state index contributed by atoms with van der Waals surface area (Å²) in [4.78, 5) is 23.8. The van der Waals surface area contributed by atoms with E-state index in [-0.39, 0.29) is 11.8 Å². The highest BCUT2D eigenvalue weighted by Gasteiger charge is 2.27. The van der Waals surface area contributed by atoms with E-state index in [0.717, 1.165) is 47.7 Å². The summed E-state index contributed by atoms with van der Waals surface area (Å²) in [5.41, 5.74) is 2.88. The molecular formula is C21H26N6O. The molecule has 0 aliphatic heterocycles. The monoisotopic (exact) mass is 378 g/mol. The van der Waals surface area contributed by atoms with E-state index in [1.807, 2.05) is 37.6 Å². The Hall–Kier alpha value is -2.80. The first kappa shape index (κ1) is 18.6. The van der Waals surface area contributed by atoms with Crippen molar-refractivity contribution in [2.24, 2.45) is 13.0 Å². The number of amides is 1. The lowest BCUT2D eigenvalue weighted by Gasteiger charge is -2.31. The molecule has 1 amide bonds. The van der Waals surface area contributed by atoms with E-state index in [1.54, 1.807) is 10.9 Å². The van der Waals surface area contributed by atoms with Crippen LogP contribution in [-0.2, 0) is 11.8 Å². The number of hydrogen-bond acceptors (Lipinski definition) is 5. The first-order valence-electron chi connectivity index (χ1n) is 9.73. The maximum absolute atomic E-state index is 12.7. The van der Waals surface area contributed by atoms with E-state index in [4.69, 9.17) is 0 Å². The second kappa shape index (κ2) is 7.67. The van der Waals surface area contributed by atoms with Crippen LogP contribution in [0, 0.1) is 5.92 Å². The number of rotatable bonds is 4. The molecule has 0 bridgehead atoms. The number of anilines is 1. The summed E-state index contributed by atoms with van der Waals surface area (Å²) < 4.78 is 1.77. The number of fused-ring (bicyclic) bond motifs is 1. The van der Waals surface area contributed by atoms with Crippen molar-refractivity contribution < 1.29 is 4.79 Å². The highest BCUT2D eigenvalue weighted by molar-refractivity contribution is 5.92. The molecule has 4 rings (SSSR count). The van der Waals surface area contributed by atoms with Crippen LogP contribution in [0.3, 0.4) is 0 Å². The van der Waals surface area contributed by atoms with Gasteiger partial charge in [0, 0.05) is 42.4 Å². The van der Waals surface area contributed by atoms with Crippen LogP contribution in [0.15, 0.2) is 36.8 Å². The molecule has 1 aliphatic rings. The molecule has 0 unspecified atom stereocenters. The van der Waals surface area contributed by atoms with Gasteiger partial charge >= 0.3 is 0 Å². The number of nitrogens with one attached hydrogen (secondary N) is 1. The number of hydrogen-bond donors (Lipinski definition) is 1. The number of aromatic nitrogens is 4. The van der Waals surface area contributed by atoms with E-state index < -0.39 is 0 Å². The SMILES string of the molecule is Cn1cc(-c2ccc3cnc(NC(=O)[C@H]4CC[C@H](N(C)C)CC4)nc3c2)cn1. The summed E-state index contributed by atoms with van der Waals surface area (Å²) in [6.07, 6.45) is 9.48. The Morgan fingerprint density at radius 2 is 1.93 bits per heavy atom. The molecule has 1 fully saturated rings. The maximum Gasteiger partial charge on any atom is 0.229 e. The van der Waals surface area contributed by atoms with Crippen molar-refractivity contribution in [3.8, 4) is 11.1 Å². The number of carbonyl (C=O) groups is 1. The van der Waals surface area contributed by atoms with Crippen LogP contribution in [0.1, 0.15) is 25.7 Å². The van der Waals surface area contributed by atoms with E-state index in [2.05, 4.69) is 39.4 Å². The van der Waals surface area contributed by atoms with Crippen molar-refractivity contribution in [1.29, 1.82) is 0 Å². The fourth-order valence-electron chi connectivity index (χ4n) is 3.90. The van der Waals surface area contributed by atoms with Crippen LogP contribution in [0.25, 0.3) is 22.0 Å². The molecule has 2 heterocycles. The molecular weight excluding hydrogens is 352 g/mol. The van der Waals surface area contributed by atoms with Crippen LogP contribution in [0.5, 0.6) is 0 Å². The van der Waals surface area contributed by atoms with Gasteiger partial charge in [0.05, 0.1) is 11.7 Å². The standard InChI is InChI=1S/C21H26N6O/c1-26(2)18-8-6-14(7-9-18)20(28)25-21-22-11-16-5-4-15(10-19(16)24-21)17-12-23-27(3)13-17/h4-5,10-14,18H,6-9H2,1-3H3,(H,22,24,25,28)/t14-,18-. The zero-order valence-corrected chi connectivity index (χ0v) is 16.6. The summed E-state index contributed by atoms with van der Waals surface area (Å²) in [5, 5.41) is 8.08. The Morgan fingerprint density at radius 3 is 2.61 bits per heavy atom. The Balaban J connectivity index is 1.49. The zero-order valence-electron chi connectivity index (χ0n) is 16.6. The van der Waals surface area contributed by atoms with Gasteiger partial charge in [-0.05, 0) is 51.4 Å². The van der Waals surface area contributed by atoms with Crippen molar-refractivity contribution in [2.45, 2.75) is 31.7 Å². The number of nitrogens with zero attached hydrogens (tertiary/aromatic N) is 5. The van der Waals surface area contributed by atoms with Crippen molar-refractivity contribution in [1.82, 2.24) is 24.6 Å². The fraction of sp³-hybridized carbons (Fsp3) is 0.429. The summed E-state index contributed by atoms with van der Waals surface area (Å²) in [5.74, 6) is 0.438. The Bertz CT molecular complexity index is 987. The van der Waals surface area contributed by atoms with Gasteiger partial charge in [-0.3, -0.25) is 14.8 Å². The summed E-state index contributed by atoms with van der Waals surface area (Å²) >= 11 is 0. The van der Waals surface area contributed by atoms with Gasteiger partial charge in [0.25, 0.3) is 0 Å². The van der Waals surface area contributed by atoms with Crippen molar-refractivity contribution >= 4 is 22.8 Å². The zero-order chi connectivity index (χ0) is 19.7. The van der Waals surface area contributed by atoms with E-state index in [0.29, 0.717) is 12.0 Å². The predicted molar refractivity (Wildman–Crippen MR) is 110 cm³/mol. The molecule has 7 heteroatoms. The Labute approximate surface area is 164 Å². The van der Waals surface area contributed by atoms with E-state index in [9.17, 15) is 4.79 Å². The number of carbonyl (C=O) groups excluding carboxylic acids is 1. The smallest absolute Gasteiger partial charge is 0.229 e. The maximum atomic E-state index is 12.7. The van der Waals surface area contributed by atoms with Gasteiger partial charge in [0.1, 0.15) is 0 Å². The highest BCUT2D eigenvalue weighted by atomic mass is 16.2. The molecule has 0 radical (unpaired) electrons. The molecule has 1 aromatic carbocycles. The largest absolute Gasteiger partial charge is 0.306 e. The van der Waals surface area contributed by atoms with Gasteiger partial charge in [-0.25, -0.2) is 9.97 Å². The van der Waals surface area contributed by atoms with Gasteiger partial charge in [-0.1, -0.05) is 12.1 Å². The molecule has 0 spiro atoms. The molecule has 28 heavy (non-hydrogen) atoms. The first-order chi connectivity index (χ1) is 13.5.